The smallest absolute Gasteiger partial charge is 0.322 e. The van der Waals surface area contributed by atoms with Crippen molar-refractivity contribution in [2.45, 2.75) is 36.8 Å². The molecule has 0 fully saturated rings. The van der Waals surface area contributed by atoms with Gasteiger partial charge in [-0.3, -0.25) is 4.79 Å². The molecule has 0 saturated heterocycles. The Morgan fingerprint density at radius 3 is 2.20 bits per heavy atom. The Bertz CT molecular complexity index is 594. The molecule has 0 aromatic heterocycles. The molecule has 0 bridgehead atoms. The van der Waals surface area contributed by atoms with E-state index in [2.05, 4.69) is 0 Å². The predicted octanol–water partition coefficient (Wildman–Crippen LogP) is 2.63. The zero-order chi connectivity index (χ0) is 15.5. The topological polar surface area (TPSA) is 71.4 Å². The van der Waals surface area contributed by atoms with Crippen LogP contribution < -0.4 is 0 Å². The molecule has 0 saturated carbocycles. The summed E-state index contributed by atoms with van der Waals surface area (Å²) in [5, 5.41) is 7.43. The van der Waals surface area contributed by atoms with Crippen LogP contribution in [0.15, 0.2) is 23.1 Å². The van der Waals surface area contributed by atoms with Crippen molar-refractivity contribution in [2.24, 2.45) is 5.92 Å². The molecule has 1 N–H and O–H groups in total. The van der Waals surface area contributed by atoms with Gasteiger partial charge >= 0.3 is 5.97 Å². The number of carboxylic acid groups (broad SMARTS) is 1. The summed E-state index contributed by atoms with van der Waals surface area (Å²) in [5.41, 5.74) is 0. The molecule has 0 radical (unpaired) electrons. The molecule has 1 rings (SSSR count). The van der Waals surface area contributed by atoms with E-state index in [-0.39, 0.29) is 0 Å². The molecule has 0 aliphatic rings. The van der Waals surface area contributed by atoms with Gasteiger partial charge in [-0.15, -0.1) is 0 Å². The Kier molecular flexibility index (Phi) is 5.21. The zero-order valence-corrected chi connectivity index (χ0v) is 12.0. The first-order chi connectivity index (χ1) is 9.25. The molecule has 1 atom stereocenters. The minimum atomic E-state index is -4.41. The third-order valence-electron chi connectivity index (χ3n) is 3.26. The maximum atomic E-state index is 13.6. The fraction of sp³-hybridized carbons (Fsp3) is 0.462. The van der Waals surface area contributed by atoms with Gasteiger partial charge in [0, 0.05) is 6.07 Å². The summed E-state index contributed by atoms with van der Waals surface area (Å²) >= 11 is 0. The first-order valence-electron chi connectivity index (χ1n) is 6.17. The predicted molar refractivity (Wildman–Crippen MR) is 69.0 cm³/mol. The summed E-state index contributed by atoms with van der Waals surface area (Å²) in [4.78, 5) is 10.5. The van der Waals surface area contributed by atoms with Crippen molar-refractivity contribution in [3.8, 4) is 0 Å². The van der Waals surface area contributed by atoms with E-state index < -0.39 is 43.5 Å². The summed E-state index contributed by atoms with van der Waals surface area (Å²) in [5.74, 6) is -4.36. The summed E-state index contributed by atoms with van der Waals surface area (Å²) in [6, 6.07) is 1.98. The van der Waals surface area contributed by atoms with Gasteiger partial charge in [0.1, 0.15) is 16.5 Å². The van der Waals surface area contributed by atoms with Crippen LogP contribution in [-0.2, 0) is 14.6 Å². The highest BCUT2D eigenvalue weighted by atomic mass is 32.2. The number of hydrogen-bond donors (Lipinski definition) is 1. The molecule has 7 heteroatoms. The Labute approximate surface area is 116 Å². The summed E-state index contributed by atoms with van der Waals surface area (Å²) in [6.07, 6.45) is 0.658. The van der Waals surface area contributed by atoms with E-state index in [9.17, 15) is 27.1 Å². The average molecular weight is 306 g/mol. The number of hydrogen-bond acceptors (Lipinski definition) is 3. The monoisotopic (exact) mass is 306 g/mol. The van der Waals surface area contributed by atoms with E-state index in [1.165, 1.54) is 0 Å². The second kappa shape index (κ2) is 6.30. The van der Waals surface area contributed by atoms with Crippen molar-refractivity contribution < 1.29 is 27.1 Å². The molecule has 20 heavy (non-hydrogen) atoms. The van der Waals surface area contributed by atoms with Crippen molar-refractivity contribution in [3.63, 3.8) is 0 Å². The standard InChI is InChI=1S/C13H16F2O4S/c1-3-8(4-2)12(13(16)17)20(18,19)11-6-5-9(14)7-10(11)15/h5-8,12H,3-4H2,1-2H3,(H,16,17). The number of halogens is 2. The average Bonchev–Trinajstić information content (AvgIpc) is 2.34. The van der Waals surface area contributed by atoms with Gasteiger partial charge in [-0.25, -0.2) is 17.2 Å². The minimum absolute atomic E-state index is 0.329. The van der Waals surface area contributed by atoms with Crippen LogP contribution in [0.4, 0.5) is 8.78 Å². The van der Waals surface area contributed by atoms with Crippen LogP contribution in [0.2, 0.25) is 0 Å². The number of aliphatic carboxylic acids is 1. The lowest BCUT2D eigenvalue weighted by Gasteiger charge is -2.21. The maximum Gasteiger partial charge on any atom is 0.322 e. The lowest BCUT2D eigenvalue weighted by molar-refractivity contribution is -0.137. The van der Waals surface area contributed by atoms with E-state index in [0.29, 0.717) is 18.9 Å². The second-order valence-electron chi connectivity index (χ2n) is 4.46. The van der Waals surface area contributed by atoms with E-state index in [4.69, 9.17) is 0 Å². The molecule has 112 valence electrons. The summed E-state index contributed by atoms with van der Waals surface area (Å²) in [7, 11) is -4.41. The van der Waals surface area contributed by atoms with Crippen LogP contribution in [0.25, 0.3) is 0 Å². The van der Waals surface area contributed by atoms with Crippen molar-refractivity contribution in [3.05, 3.63) is 29.8 Å². The molecule has 1 unspecified atom stereocenters. The fourth-order valence-electron chi connectivity index (χ4n) is 2.15. The quantitative estimate of drug-likeness (QED) is 0.820. The molecular formula is C13H16F2O4S. The molecule has 0 heterocycles. The highest BCUT2D eigenvalue weighted by Crippen LogP contribution is 2.28. The molecule has 1 aromatic carbocycles. The summed E-state index contributed by atoms with van der Waals surface area (Å²) < 4.78 is 51.1. The highest BCUT2D eigenvalue weighted by molar-refractivity contribution is 7.92. The Hall–Kier alpha value is -1.50. The first kappa shape index (κ1) is 16.6. The zero-order valence-electron chi connectivity index (χ0n) is 11.1. The first-order valence-corrected chi connectivity index (χ1v) is 7.72. The van der Waals surface area contributed by atoms with E-state index in [1.807, 2.05) is 0 Å². The normalized spacial score (nSPS) is 13.4. The van der Waals surface area contributed by atoms with Gasteiger partial charge in [0.2, 0.25) is 0 Å². The minimum Gasteiger partial charge on any atom is -0.480 e. The fourth-order valence-corrected chi connectivity index (χ4v) is 4.17. The molecule has 1 aromatic rings. The number of rotatable bonds is 6. The molecule has 0 spiro atoms. The van der Waals surface area contributed by atoms with Crippen LogP contribution in [0.3, 0.4) is 0 Å². The molecule has 0 aliphatic carbocycles. The van der Waals surface area contributed by atoms with Crippen molar-refractivity contribution >= 4 is 15.8 Å². The Balaban J connectivity index is 3.41. The van der Waals surface area contributed by atoms with Gasteiger partial charge in [-0.2, -0.15) is 0 Å². The lowest BCUT2D eigenvalue weighted by Crippen LogP contribution is -2.37. The molecular weight excluding hydrogens is 290 g/mol. The van der Waals surface area contributed by atoms with E-state index in [0.717, 1.165) is 12.1 Å². The third-order valence-corrected chi connectivity index (χ3v) is 5.45. The molecule has 4 nitrogen and oxygen atoms in total. The van der Waals surface area contributed by atoms with Gasteiger partial charge in [0.05, 0.1) is 0 Å². The van der Waals surface area contributed by atoms with Gasteiger partial charge in [-0.05, 0) is 18.1 Å². The van der Waals surface area contributed by atoms with Gasteiger partial charge < -0.3 is 5.11 Å². The Morgan fingerprint density at radius 2 is 1.80 bits per heavy atom. The summed E-state index contributed by atoms with van der Waals surface area (Å²) in [6.45, 7) is 3.33. The van der Waals surface area contributed by atoms with E-state index in [1.54, 1.807) is 13.8 Å². The largest absolute Gasteiger partial charge is 0.480 e. The van der Waals surface area contributed by atoms with E-state index >= 15 is 0 Å². The van der Waals surface area contributed by atoms with Crippen molar-refractivity contribution in [2.75, 3.05) is 0 Å². The number of carbonyl (C=O) groups is 1. The Morgan fingerprint density at radius 1 is 1.25 bits per heavy atom. The lowest BCUT2D eigenvalue weighted by atomic mass is 9.99. The van der Waals surface area contributed by atoms with Crippen molar-refractivity contribution in [1.82, 2.24) is 0 Å². The van der Waals surface area contributed by atoms with Gasteiger partial charge in [0.15, 0.2) is 15.1 Å². The molecule has 0 amide bonds. The molecule has 0 aliphatic heterocycles. The van der Waals surface area contributed by atoms with Crippen molar-refractivity contribution in [1.29, 1.82) is 0 Å². The van der Waals surface area contributed by atoms with Crippen LogP contribution in [0.5, 0.6) is 0 Å². The SMILES string of the molecule is CCC(CC)C(C(=O)O)S(=O)(=O)c1ccc(F)cc1F. The third kappa shape index (κ3) is 3.15. The maximum absolute atomic E-state index is 13.6. The second-order valence-corrected chi connectivity index (χ2v) is 6.49. The number of carboxylic acids is 1. The van der Waals surface area contributed by atoms with Gasteiger partial charge in [-0.1, -0.05) is 26.7 Å². The van der Waals surface area contributed by atoms with Crippen LogP contribution in [0, 0.1) is 17.6 Å². The van der Waals surface area contributed by atoms with Crippen LogP contribution in [-0.4, -0.2) is 24.7 Å². The van der Waals surface area contributed by atoms with Crippen LogP contribution >= 0.6 is 0 Å². The highest BCUT2D eigenvalue weighted by Gasteiger charge is 2.40. The van der Waals surface area contributed by atoms with Gasteiger partial charge in [0.25, 0.3) is 0 Å². The number of sulfone groups is 1. The number of benzene rings is 1. The van der Waals surface area contributed by atoms with Crippen LogP contribution in [0.1, 0.15) is 26.7 Å².